The Morgan fingerprint density at radius 2 is 1.95 bits per heavy atom. The lowest BCUT2D eigenvalue weighted by atomic mass is 9.50. The SMILES string of the molecule is C[C@H](O)C(=O)N[C@@H](CCC(=O)O)C(=O)O[C@@H](C)C(=O)OC1=CC[C@@]2(O)[C@H]3Cc4ccc(CO)c5c4C2(CCN3C)C1O5. The number of likely N-dealkylation sites (N-methyl/N-ethyl adjacent to an activating group) is 1. The zero-order valence-corrected chi connectivity index (χ0v) is 23.7. The molecule has 7 atom stereocenters. The number of carboxylic acid groups (broad SMARTS) is 1. The van der Waals surface area contributed by atoms with Gasteiger partial charge in [-0.1, -0.05) is 12.1 Å². The second kappa shape index (κ2) is 11.0. The number of piperidine rings is 1. The van der Waals surface area contributed by atoms with Gasteiger partial charge in [-0.25, -0.2) is 9.59 Å². The van der Waals surface area contributed by atoms with Gasteiger partial charge in [0.1, 0.15) is 23.7 Å². The average Bonchev–Trinajstić information content (AvgIpc) is 3.29. The van der Waals surface area contributed by atoms with Crippen LogP contribution in [-0.4, -0.2) is 98.7 Å². The molecule has 0 aromatic heterocycles. The van der Waals surface area contributed by atoms with Crippen LogP contribution in [0.1, 0.15) is 56.2 Å². The van der Waals surface area contributed by atoms with Crippen molar-refractivity contribution in [2.45, 2.75) is 94.0 Å². The Balaban J connectivity index is 1.37. The number of amides is 1. The van der Waals surface area contributed by atoms with Crippen molar-refractivity contribution in [3.8, 4) is 5.75 Å². The first-order valence-corrected chi connectivity index (χ1v) is 14.0. The summed E-state index contributed by atoms with van der Waals surface area (Å²) >= 11 is 0. The number of rotatable bonds is 10. The summed E-state index contributed by atoms with van der Waals surface area (Å²) in [6.07, 6.45) is -1.63. The Bertz CT molecular complexity index is 1340. The number of hydrogen-bond donors (Lipinski definition) is 5. The standard InChI is InChI=1S/C29H36N2O11/c1-14(33)25(36)30-18(6-7-21(34)35)27(38)40-15(2)26(37)41-19-8-9-29(39)20-12-16-4-5-17(13-32)23-22(16)28(29,24(19)42-23)10-11-31(20)3/h4-5,8,14-15,18,20,24,32-33,39H,6-7,9-13H2,1-3H3,(H,30,36)(H,34,35)/t14-,15-,18-,20+,24?,28?,29+/m0/s1. The minimum Gasteiger partial charge on any atom is -0.481 e. The van der Waals surface area contributed by atoms with Gasteiger partial charge in [-0.2, -0.15) is 0 Å². The van der Waals surface area contributed by atoms with E-state index in [0.717, 1.165) is 11.1 Å². The van der Waals surface area contributed by atoms with Crippen LogP contribution < -0.4 is 10.1 Å². The molecule has 0 saturated carbocycles. The molecule has 228 valence electrons. The van der Waals surface area contributed by atoms with Crippen molar-refractivity contribution in [2.24, 2.45) is 0 Å². The molecule has 4 aliphatic rings. The van der Waals surface area contributed by atoms with Crippen LogP contribution >= 0.6 is 0 Å². The Labute approximate surface area is 242 Å². The van der Waals surface area contributed by atoms with E-state index in [-0.39, 0.29) is 31.2 Å². The van der Waals surface area contributed by atoms with E-state index in [4.69, 9.17) is 19.3 Å². The van der Waals surface area contributed by atoms with Crippen LogP contribution in [0.25, 0.3) is 0 Å². The van der Waals surface area contributed by atoms with E-state index in [1.807, 2.05) is 13.1 Å². The predicted octanol–water partition coefficient (Wildman–Crippen LogP) is -0.338. The zero-order valence-electron chi connectivity index (χ0n) is 23.7. The summed E-state index contributed by atoms with van der Waals surface area (Å²) in [4.78, 5) is 51.1. The van der Waals surface area contributed by atoms with Crippen molar-refractivity contribution >= 4 is 23.8 Å². The lowest BCUT2D eigenvalue weighted by Crippen LogP contribution is -2.74. The highest BCUT2D eigenvalue weighted by molar-refractivity contribution is 5.88. The molecule has 0 radical (unpaired) electrons. The van der Waals surface area contributed by atoms with Crippen LogP contribution in [-0.2, 0) is 47.1 Å². The highest BCUT2D eigenvalue weighted by Gasteiger charge is 2.72. The number of ether oxygens (including phenoxy) is 3. The summed E-state index contributed by atoms with van der Waals surface area (Å²) < 4.78 is 17.4. The van der Waals surface area contributed by atoms with Gasteiger partial charge in [0.05, 0.1) is 17.6 Å². The molecule has 1 aromatic carbocycles. The molecule has 2 heterocycles. The topological polar surface area (TPSA) is 192 Å². The summed E-state index contributed by atoms with van der Waals surface area (Å²) in [5.41, 5.74) is 0.270. The molecule has 42 heavy (non-hydrogen) atoms. The lowest BCUT2D eigenvalue weighted by Gasteiger charge is -2.61. The van der Waals surface area contributed by atoms with Crippen molar-refractivity contribution in [3.63, 3.8) is 0 Å². The number of carbonyl (C=O) groups is 4. The van der Waals surface area contributed by atoms with Gasteiger partial charge in [-0.15, -0.1) is 0 Å². The van der Waals surface area contributed by atoms with Gasteiger partial charge in [0.25, 0.3) is 0 Å². The highest BCUT2D eigenvalue weighted by atomic mass is 16.6. The molecule has 1 spiro atoms. The molecule has 1 aromatic rings. The number of carboxylic acids is 1. The number of nitrogens with zero attached hydrogens (tertiary/aromatic N) is 1. The smallest absolute Gasteiger partial charge is 0.352 e. The number of likely N-dealkylation sites (tertiary alicyclic amines) is 1. The normalized spacial score (nSPS) is 29.2. The Morgan fingerprint density at radius 1 is 1.21 bits per heavy atom. The second-order valence-electron chi connectivity index (χ2n) is 11.6. The Morgan fingerprint density at radius 3 is 2.62 bits per heavy atom. The third kappa shape index (κ3) is 4.64. The van der Waals surface area contributed by atoms with Gasteiger partial charge in [-0.05, 0) is 58.3 Å². The number of aliphatic hydroxyl groups is 3. The third-order valence-electron chi connectivity index (χ3n) is 9.10. The van der Waals surface area contributed by atoms with Crippen LogP contribution in [0.5, 0.6) is 5.75 Å². The number of aliphatic hydroxyl groups excluding tert-OH is 2. The van der Waals surface area contributed by atoms with Crippen molar-refractivity contribution in [3.05, 3.63) is 40.7 Å². The largest absolute Gasteiger partial charge is 0.481 e. The number of carbonyl (C=O) groups excluding carboxylic acids is 3. The number of aliphatic carboxylic acids is 1. The lowest BCUT2D eigenvalue weighted by molar-refractivity contribution is -0.176. The van der Waals surface area contributed by atoms with E-state index in [0.29, 0.717) is 30.7 Å². The van der Waals surface area contributed by atoms with Crippen LogP contribution in [0.3, 0.4) is 0 Å². The fourth-order valence-corrected chi connectivity index (χ4v) is 6.94. The quantitative estimate of drug-likeness (QED) is 0.224. The van der Waals surface area contributed by atoms with E-state index in [9.17, 15) is 34.5 Å². The van der Waals surface area contributed by atoms with Crippen molar-refractivity contribution < 1.29 is 53.8 Å². The van der Waals surface area contributed by atoms with Gasteiger partial charge >= 0.3 is 17.9 Å². The molecule has 13 heteroatoms. The maximum Gasteiger partial charge on any atom is 0.352 e. The van der Waals surface area contributed by atoms with Crippen LogP contribution in [0, 0.1) is 0 Å². The van der Waals surface area contributed by atoms with Gasteiger partial charge < -0.3 is 44.9 Å². The molecule has 1 amide bonds. The van der Waals surface area contributed by atoms with Crippen LogP contribution in [0.15, 0.2) is 24.0 Å². The minimum atomic E-state index is -1.45. The first-order chi connectivity index (χ1) is 19.8. The maximum atomic E-state index is 13.2. The van der Waals surface area contributed by atoms with Crippen LogP contribution in [0.4, 0.5) is 0 Å². The number of hydrogen-bond acceptors (Lipinski definition) is 11. The molecule has 2 aliphatic carbocycles. The van der Waals surface area contributed by atoms with Crippen molar-refractivity contribution in [1.82, 2.24) is 10.2 Å². The highest BCUT2D eigenvalue weighted by Crippen LogP contribution is 2.64. The zero-order chi connectivity index (χ0) is 30.6. The second-order valence-corrected chi connectivity index (χ2v) is 11.6. The summed E-state index contributed by atoms with van der Waals surface area (Å²) in [7, 11) is 1.97. The van der Waals surface area contributed by atoms with Gasteiger partial charge in [0.2, 0.25) is 5.91 Å². The molecule has 2 bridgehead atoms. The van der Waals surface area contributed by atoms with E-state index in [1.54, 1.807) is 12.1 Å². The molecular formula is C29H36N2O11. The van der Waals surface area contributed by atoms with E-state index in [1.165, 1.54) is 13.8 Å². The van der Waals surface area contributed by atoms with Crippen LogP contribution in [0.2, 0.25) is 0 Å². The fourth-order valence-electron chi connectivity index (χ4n) is 6.94. The van der Waals surface area contributed by atoms with E-state index in [2.05, 4.69) is 10.2 Å². The molecular weight excluding hydrogens is 552 g/mol. The summed E-state index contributed by atoms with van der Waals surface area (Å²) in [5, 5.41) is 43.0. The molecule has 13 nitrogen and oxygen atoms in total. The molecule has 1 saturated heterocycles. The predicted molar refractivity (Wildman–Crippen MR) is 143 cm³/mol. The van der Waals surface area contributed by atoms with Crippen molar-refractivity contribution in [2.75, 3.05) is 13.6 Å². The van der Waals surface area contributed by atoms with Gasteiger partial charge in [0.15, 0.2) is 12.2 Å². The van der Waals surface area contributed by atoms with E-state index >= 15 is 0 Å². The Kier molecular flexibility index (Phi) is 7.81. The minimum absolute atomic E-state index is 0.161. The maximum absolute atomic E-state index is 13.2. The first kappa shape index (κ1) is 30.0. The van der Waals surface area contributed by atoms with Gasteiger partial charge in [-0.3, -0.25) is 9.59 Å². The number of benzene rings is 1. The van der Waals surface area contributed by atoms with Crippen molar-refractivity contribution in [1.29, 1.82) is 0 Å². The van der Waals surface area contributed by atoms with E-state index < -0.39 is 65.6 Å². The molecule has 1 fully saturated rings. The molecule has 5 N–H and O–H groups in total. The molecule has 2 aliphatic heterocycles. The first-order valence-electron chi connectivity index (χ1n) is 14.0. The molecule has 2 unspecified atom stereocenters. The monoisotopic (exact) mass is 588 g/mol. The average molecular weight is 589 g/mol. The number of esters is 2. The fraction of sp³-hybridized carbons (Fsp3) is 0.586. The summed E-state index contributed by atoms with van der Waals surface area (Å²) in [6.45, 7) is 2.86. The molecule has 5 rings (SSSR count). The Hall–Kier alpha value is -3.52. The number of nitrogens with one attached hydrogen (secondary N) is 1. The summed E-state index contributed by atoms with van der Waals surface area (Å²) in [6, 6.07) is 2.13. The third-order valence-corrected chi connectivity index (χ3v) is 9.10. The van der Waals surface area contributed by atoms with Gasteiger partial charge in [0, 0.05) is 30.0 Å². The summed E-state index contributed by atoms with van der Waals surface area (Å²) in [5.74, 6) is -3.46.